The monoisotopic (exact) mass is 632 g/mol. The second-order valence-corrected chi connectivity index (χ2v) is 15.4. The first kappa shape index (κ1) is 32.6. The number of benzene rings is 1. The zero-order chi connectivity index (χ0) is 33.6. The van der Waals surface area contributed by atoms with Gasteiger partial charge in [-0.2, -0.15) is 0 Å². The molecule has 4 bridgehead atoms. The Labute approximate surface area is 271 Å². The Kier molecular flexibility index (Phi) is 7.68. The predicted molar refractivity (Wildman–Crippen MR) is 175 cm³/mol. The quantitative estimate of drug-likeness (QED) is 0.205. The number of aliphatic carboxylic acids is 1. The maximum atomic E-state index is 14.8. The van der Waals surface area contributed by atoms with Crippen molar-refractivity contribution in [2.75, 3.05) is 0 Å². The number of carboxylic acid groups (broad SMARTS) is 1. The van der Waals surface area contributed by atoms with Crippen LogP contribution in [0.3, 0.4) is 0 Å². The van der Waals surface area contributed by atoms with Crippen LogP contribution >= 0.6 is 0 Å². The Morgan fingerprint density at radius 2 is 1.70 bits per heavy atom. The van der Waals surface area contributed by atoms with Crippen molar-refractivity contribution in [3.8, 4) is 17.2 Å². The van der Waals surface area contributed by atoms with Crippen molar-refractivity contribution in [3.63, 3.8) is 0 Å². The molecule has 248 valence electrons. The maximum Gasteiger partial charge on any atom is 0.330 e. The fraction of sp³-hybridized carbons (Fsp3) is 0.579. The summed E-state index contributed by atoms with van der Waals surface area (Å²) in [6.45, 7) is 15.6. The molecule has 3 N–H and O–H groups in total. The van der Waals surface area contributed by atoms with Crippen molar-refractivity contribution in [2.24, 2.45) is 17.8 Å². The summed E-state index contributed by atoms with van der Waals surface area (Å²) in [7, 11) is 0. The molecule has 0 radical (unpaired) electrons. The van der Waals surface area contributed by atoms with Gasteiger partial charge in [0, 0.05) is 23.5 Å². The van der Waals surface area contributed by atoms with Crippen LogP contribution in [0, 0.1) is 17.8 Å². The van der Waals surface area contributed by atoms with Gasteiger partial charge in [-0.1, -0.05) is 29.4 Å². The summed E-state index contributed by atoms with van der Waals surface area (Å²) < 4.78 is 20.9. The fourth-order valence-electron chi connectivity index (χ4n) is 9.00. The molecule has 46 heavy (non-hydrogen) atoms. The number of ether oxygens (including phenoxy) is 3. The van der Waals surface area contributed by atoms with E-state index in [0.717, 1.165) is 18.4 Å². The van der Waals surface area contributed by atoms with Crippen LogP contribution in [0.5, 0.6) is 17.2 Å². The molecule has 3 aliphatic carbocycles. The lowest BCUT2D eigenvalue weighted by molar-refractivity contribution is -0.253. The number of phenols is 1. The Morgan fingerprint density at radius 1 is 1.00 bits per heavy atom. The minimum atomic E-state index is -1.37. The van der Waals surface area contributed by atoms with Crippen molar-refractivity contribution in [3.05, 3.63) is 57.7 Å². The van der Waals surface area contributed by atoms with Crippen LogP contribution in [0.4, 0.5) is 0 Å². The van der Waals surface area contributed by atoms with Gasteiger partial charge in [0.15, 0.2) is 11.4 Å². The highest BCUT2D eigenvalue weighted by Gasteiger charge is 2.83. The van der Waals surface area contributed by atoms with Crippen molar-refractivity contribution in [1.82, 2.24) is 0 Å². The molecule has 0 amide bonds. The normalized spacial score (nSPS) is 34.5. The summed E-state index contributed by atoms with van der Waals surface area (Å²) in [5, 5.41) is 33.5. The van der Waals surface area contributed by atoms with E-state index < -0.39 is 40.4 Å². The molecule has 1 aromatic rings. The third kappa shape index (κ3) is 4.61. The van der Waals surface area contributed by atoms with Gasteiger partial charge in [0.1, 0.15) is 34.0 Å². The first-order valence-electron chi connectivity index (χ1n) is 16.6. The number of aliphatic hydroxyl groups is 1. The van der Waals surface area contributed by atoms with E-state index in [4.69, 9.17) is 14.2 Å². The van der Waals surface area contributed by atoms with Crippen LogP contribution in [-0.2, 0) is 16.0 Å². The number of ketones is 1. The van der Waals surface area contributed by atoms with Crippen LogP contribution in [0.2, 0.25) is 0 Å². The van der Waals surface area contributed by atoms with E-state index in [-0.39, 0.29) is 46.7 Å². The SMILES string of the molecule is CC(C)=CCCC1(C)C=Cc2c(O)c3c(c(CC=C(C)C)c2O1)OC12C(CC4CC1C(C)(C)OC2(C/C=C(\C)C(=O)O)C4O)C3=O. The highest BCUT2D eigenvalue weighted by Crippen LogP contribution is 2.71. The van der Waals surface area contributed by atoms with Gasteiger partial charge in [0.2, 0.25) is 0 Å². The molecule has 7 unspecified atom stereocenters. The zero-order valence-corrected chi connectivity index (χ0v) is 28.3. The largest absolute Gasteiger partial charge is 0.506 e. The minimum absolute atomic E-state index is 0.0732. The smallest absolute Gasteiger partial charge is 0.330 e. The highest BCUT2D eigenvalue weighted by molar-refractivity contribution is 6.07. The zero-order valence-electron chi connectivity index (χ0n) is 28.3. The molecule has 4 fully saturated rings. The minimum Gasteiger partial charge on any atom is -0.506 e. The molecule has 7 atom stereocenters. The van der Waals surface area contributed by atoms with Crippen LogP contribution < -0.4 is 9.47 Å². The van der Waals surface area contributed by atoms with Crippen molar-refractivity contribution < 1.29 is 39.1 Å². The van der Waals surface area contributed by atoms with E-state index in [0.29, 0.717) is 36.1 Å². The van der Waals surface area contributed by atoms with Gasteiger partial charge in [-0.3, -0.25) is 4.79 Å². The van der Waals surface area contributed by atoms with Gasteiger partial charge in [-0.05, 0) is 106 Å². The number of aromatic hydroxyl groups is 1. The molecule has 1 aromatic carbocycles. The van der Waals surface area contributed by atoms with E-state index in [9.17, 15) is 24.9 Å². The van der Waals surface area contributed by atoms with Gasteiger partial charge in [-0.15, -0.1) is 0 Å². The number of allylic oxidation sites excluding steroid dienone is 4. The van der Waals surface area contributed by atoms with E-state index in [1.807, 2.05) is 46.8 Å². The molecule has 1 saturated heterocycles. The van der Waals surface area contributed by atoms with E-state index in [2.05, 4.69) is 26.0 Å². The lowest BCUT2D eigenvalue weighted by atomic mass is 9.46. The van der Waals surface area contributed by atoms with Crippen LogP contribution in [0.1, 0.15) is 109 Å². The van der Waals surface area contributed by atoms with Gasteiger partial charge >= 0.3 is 5.97 Å². The van der Waals surface area contributed by atoms with Crippen LogP contribution in [0.15, 0.2) is 41.0 Å². The Hall–Kier alpha value is -3.36. The molecule has 0 aromatic heterocycles. The van der Waals surface area contributed by atoms with E-state index in [1.165, 1.54) is 12.5 Å². The molecular weight excluding hydrogens is 584 g/mol. The summed E-state index contributed by atoms with van der Waals surface area (Å²) in [6, 6.07) is 0. The van der Waals surface area contributed by atoms with E-state index in [1.54, 1.807) is 6.08 Å². The second-order valence-electron chi connectivity index (χ2n) is 15.4. The number of aliphatic hydroxyl groups excluding tert-OH is 1. The number of Topliss-reactive ketones (excluding diaryl/α,β-unsaturated/α-hetero) is 1. The lowest BCUT2D eigenvalue weighted by Crippen LogP contribution is -2.77. The molecule has 1 spiro atoms. The first-order chi connectivity index (χ1) is 21.5. The number of carboxylic acids is 1. The average molecular weight is 633 g/mol. The summed E-state index contributed by atoms with van der Waals surface area (Å²) in [4.78, 5) is 26.6. The topological polar surface area (TPSA) is 123 Å². The third-order valence-corrected chi connectivity index (χ3v) is 11.2. The summed E-state index contributed by atoms with van der Waals surface area (Å²) in [5.41, 5.74) is -0.321. The Balaban J connectivity index is 1.57. The second kappa shape index (κ2) is 10.8. The van der Waals surface area contributed by atoms with Crippen LogP contribution in [0.25, 0.3) is 6.08 Å². The Morgan fingerprint density at radius 3 is 2.35 bits per heavy atom. The number of phenolic OH excluding ortho intramolecular Hbond substituents is 1. The summed E-state index contributed by atoms with van der Waals surface area (Å²) in [6.07, 6.45) is 11.7. The fourth-order valence-corrected chi connectivity index (χ4v) is 9.00. The summed E-state index contributed by atoms with van der Waals surface area (Å²) >= 11 is 0. The molecule has 6 aliphatic rings. The van der Waals surface area contributed by atoms with Gasteiger partial charge in [-0.25, -0.2) is 4.79 Å². The van der Waals surface area contributed by atoms with Crippen molar-refractivity contribution in [1.29, 1.82) is 0 Å². The number of carbonyl (C=O) groups excluding carboxylic acids is 1. The van der Waals surface area contributed by atoms with Crippen molar-refractivity contribution in [2.45, 2.75) is 122 Å². The van der Waals surface area contributed by atoms with Crippen molar-refractivity contribution >= 4 is 17.8 Å². The highest BCUT2D eigenvalue weighted by atomic mass is 16.6. The molecule has 8 nitrogen and oxygen atoms in total. The van der Waals surface area contributed by atoms with E-state index >= 15 is 0 Å². The standard InChI is InChI=1S/C38H48O8/c1-20(2)10-9-15-36(8)16-14-24-29(39)28-30(40)26-18-23-19-27-35(6,7)46-37(33(23)41,17-13-22(5)34(42)43)38(26,27)45-32(28)25(31(24)44-36)12-11-21(3)4/h10-11,13-14,16,23,26-27,33,39,41H,9,12,15,17-19H2,1-8H3,(H,42,43)/b22-13+. The first-order valence-corrected chi connectivity index (χ1v) is 16.6. The van der Waals surface area contributed by atoms with Gasteiger partial charge < -0.3 is 29.5 Å². The molecule has 3 saturated carbocycles. The number of fused-ring (bicyclic) bond motifs is 2. The number of carbonyl (C=O) groups is 2. The molecule has 8 heteroatoms. The van der Waals surface area contributed by atoms with Crippen LogP contribution in [-0.4, -0.2) is 55.6 Å². The van der Waals surface area contributed by atoms with Gasteiger partial charge in [0.05, 0.1) is 23.2 Å². The number of hydrogen-bond donors (Lipinski definition) is 3. The summed E-state index contributed by atoms with van der Waals surface area (Å²) in [5.74, 6) is -1.84. The molecule has 3 heterocycles. The number of rotatable bonds is 8. The third-order valence-electron chi connectivity index (χ3n) is 11.2. The molecular formula is C38H48O8. The predicted octanol–water partition coefficient (Wildman–Crippen LogP) is 7.11. The number of hydrogen-bond acceptors (Lipinski definition) is 7. The molecule has 7 rings (SSSR count). The lowest BCUT2D eigenvalue weighted by Gasteiger charge is -2.63. The Bertz CT molecular complexity index is 1620. The maximum absolute atomic E-state index is 14.8. The van der Waals surface area contributed by atoms with Gasteiger partial charge in [0.25, 0.3) is 0 Å². The molecule has 3 aliphatic heterocycles. The average Bonchev–Trinajstić information content (AvgIpc) is 3.12.